The van der Waals surface area contributed by atoms with E-state index >= 15 is 0 Å². The van der Waals surface area contributed by atoms with Gasteiger partial charge in [-0.3, -0.25) is 19.7 Å². The van der Waals surface area contributed by atoms with E-state index < -0.39 is 11.8 Å². The van der Waals surface area contributed by atoms with Crippen LogP contribution in [0.3, 0.4) is 0 Å². The Morgan fingerprint density at radius 2 is 1.76 bits per heavy atom. The zero-order valence-electron chi connectivity index (χ0n) is 10.7. The smallest absolute Gasteiger partial charge is 0.254 e. The summed E-state index contributed by atoms with van der Waals surface area (Å²) in [6.45, 7) is -0.256. The van der Waals surface area contributed by atoms with Crippen LogP contribution < -0.4 is 5.32 Å². The van der Waals surface area contributed by atoms with E-state index in [0.29, 0.717) is 17.0 Å². The maximum absolute atomic E-state index is 12.2. The lowest BCUT2D eigenvalue weighted by Gasteiger charge is -2.25. The highest BCUT2D eigenvalue weighted by Gasteiger charge is 2.27. The second-order valence-corrected chi connectivity index (χ2v) is 4.45. The minimum absolute atomic E-state index is 0.128. The molecule has 1 aromatic heterocycles. The second-order valence-electron chi connectivity index (χ2n) is 4.45. The number of imide groups is 1. The normalized spacial score (nSPS) is 15.0. The zero-order chi connectivity index (χ0) is 14.8. The third-order valence-corrected chi connectivity index (χ3v) is 2.97. The first kappa shape index (κ1) is 12.9. The van der Waals surface area contributed by atoms with E-state index in [9.17, 15) is 14.4 Å². The Morgan fingerprint density at radius 1 is 1.10 bits per heavy atom. The van der Waals surface area contributed by atoms with Gasteiger partial charge >= 0.3 is 0 Å². The van der Waals surface area contributed by atoms with Crippen molar-refractivity contribution >= 4 is 17.7 Å². The number of nitrogens with zero attached hydrogens (tertiary/aromatic N) is 4. The van der Waals surface area contributed by atoms with Crippen molar-refractivity contribution in [2.45, 2.75) is 0 Å². The zero-order valence-corrected chi connectivity index (χ0v) is 10.7. The number of piperazine rings is 1. The van der Waals surface area contributed by atoms with Gasteiger partial charge in [-0.2, -0.15) is 5.21 Å². The fraction of sp³-hybridized carbons (Fsp3) is 0.167. The lowest BCUT2D eigenvalue weighted by Crippen LogP contribution is -2.53. The molecule has 0 atom stereocenters. The standard InChI is InChI=1S/C12H10N6O3/c19-9-5-18(6-10(20)13-9)12(21)8-3-1-7(2-4-8)11-14-16-17-15-11/h1-4H,5-6H2,(H,13,19,20)(H,14,15,16,17). The lowest BCUT2D eigenvalue weighted by atomic mass is 10.1. The van der Waals surface area contributed by atoms with Crippen LogP contribution in [0.1, 0.15) is 10.4 Å². The molecule has 0 unspecified atom stereocenters. The SMILES string of the molecule is O=C1CN(C(=O)c2ccc(-c3nn[nH]n3)cc2)CC(=O)N1. The van der Waals surface area contributed by atoms with Gasteiger partial charge in [-0.15, -0.1) is 10.2 Å². The first-order chi connectivity index (χ1) is 10.1. The van der Waals surface area contributed by atoms with Gasteiger partial charge in [0.2, 0.25) is 17.6 Å². The molecule has 9 nitrogen and oxygen atoms in total. The van der Waals surface area contributed by atoms with E-state index in [1.54, 1.807) is 24.3 Å². The number of tetrazole rings is 1. The van der Waals surface area contributed by atoms with E-state index in [-0.39, 0.29) is 19.0 Å². The highest BCUT2D eigenvalue weighted by Crippen LogP contribution is 2.15. The summed E-state index contributed by atoms with van der Waals surface area (Å²) in [4.78, 5) is 36.0. The molecule has 0 saturated carbocycles. The number of benzene rings is 1. The summed E-state index contributed by atoms with van der Waals surface area (Å²) >= 11 is 0. The quantitative estimate of drug-likeness (QED) is 0.680. The highest BCUT2D eigenvalue weighted by molar-refractivity contribution is 6.05. The number of amides is 3. The van der Waals surface area contributed by atoms with Gasteiger partial charge in [0.25, 0.3) is 5.91 Å². The summed E-state index contributed by atoms with van der Waals surface area (Å²) in [6, 6.07) is 6.52. The minimum Gasteiger partial charge on any atom is -0.320 e. The number of H-pyrrole nitrogens is 1. The van der Waals surface area contributed by atoms with Crippen LogP contribution in [-0.4, -0.2) is 56.3 Å². The van der Waals surface area contributed by atoms with Crippen LogP contribution >= 0.6 is 0 Å². The third kappa shape index (κ3) is 2.61. The molecule has 1 saturated heterocycles. The molecule has 0 spiro atoms. The number of aromatic nitrogens is 4. The molecule has 106 valence electrons. The topological polar surface area (TPSA) is 121 Å². The molecule has 0 bridgehead atoms. The molecule has 0 radical (unpaired) electrons. The predicted octanol–water partition coefficient (Wildman–Crippen LogP) is -1.03. The van der Waals surface area contributed by atoms with Crippen LogP contribution in [0.15, 0.2) is 24.3 Å². The van der Waals surface area contributed by atoms with E-state index in [1.165, 1.54) is 4.90 Å². The molecule has 1 aliphatic heterocycles. The van der Waals surface area contributed by atoms with Crippen LogP contribution in [0, 0.1) is 0 Å². The molecule has 1 aromatic carbocycles. The van der Waals surface area contributed by atoms with E-state index in [0.717, 1.165) is 0 Å². The Bertz CT molecular complexity index is 678. The average Bonchev–Trinajstić information content (AvgIpc) is 3.00. The molecule has 0 aliphatic carbocycles. The number of hydrogen-bond donors (Lipinski definition) is 2. The summed E-state index contributed by atoms with van der Waals surface area (Å²) in [5, 5.41) is 15.6. The molecule has 3 rings (SSSR count). The second kappa shape index (κ2) is 5.12. The Balaban J connectivity index is 1.79. The van der Waals surface area contributed by atoms with Crippen molar-refractivity contribution in [2.24, 2.45) is 0 Å². The van der Waals surface area contributed by atoms with Crippen molar-refractivity contribution in [3.8, 4) is 11.4 Å². The Labute approximate surface area is 118 Å². The summed E-state index contributed by atoms with van der Waals surface area (Å²) in [5.41, 5.74) is 1.08. The fourth-order valence-electron chi connectivity index (χ4n) is 2.01. The minimum atomic E-state index is -0.483. The van der Waals surface area contributed by atoms with Crippen molar-refractivity contribution in [2.75, 3.05) is 13.1 Å². The molecule has 3 amide bonds. The van der Waals surface area contributed by atoms with Gasteiger partial charge < -0.3 is 4.90 Å². The van der Waals surface area contributed by atoms with Crippen molar-refractivity contribution in [1.82, 2.24) is 30.8 Å². The monoisotopic (exact) mass is 286 g/mol. The molecule has 2 heterocycles. The average molecular weight is 286 g/mol. The number of carbonyl (C=O) groups excluding carboxylic acids is 3. The summed E-state index contributed by atoms with van der Waals surface area (Å²) in [5.74, 6) is -0.926. The number of carbonyl (C=O) groups is 3. The highest BCUT2D eigenvalue weighted by atomic mass is 16.2. The maximum Gasteiger partial charge on any atom is 0.254 e. The Morgan fingerprint density at radius 3 is 2.33 bits per heavy atom. The molecule has 21 heavy (non-hydrogen) atoms. The van der Waals surface area contributed by atoms with Gasteiger partial charge in [0.05, 0.1) is 0 Å². The summed E-state index contributed by atoms with van der Waals surface area (Å²) in [7, 11) is 0. The van der Waals surface area contributed by atoms with Gasteiger partial charge in [0.15, 0.2) is 0 Å². The maximum atomic E-state index is 12.2. The Kier molecular flexibility index (Phi) is 3.14. The van der Waals surface area contributed by atoms with Crippen molar-refractivity contribution in [3.63, 3.8) is 0 Å². The fourth-order valence-corrected chi connectivity index (χ4v) is 2.01. The first-order valence-corrected chi connectivity index (χ1v) is 6.09. The van der Waals surface area contributed by atoms with Crippen LogP contribution in [-0.2, 0) is 9.59 Å². The summed E-state index contributed by atoms with van der Waals surface area (Å²) in [6.07, 6.45) is 0. The molecule has 2 N–H and O–H groups in total. The third-order valence-electron chi connectivity index (χ3n) is 2.97. The van der Waals surface area contributed by atoms with Crippen LogP contribution in [0.25, 0.3) is 11.4 Å². The molecule has 1 aliphatic rings. The lowest BCUT2D eigenvalue weighted by molar-refractivity contribution is -0.135. The molecule has 9 heteroatoms. The van der Waals surface area contributed by atoms with Gasteiger partial charge in [0.1, 0.15) is 13.1 Å². The predicted molar refractivity (Wildman–Crippen MR) is 68.7 cm³/mol. The van der Waals surface area contributed by atoms with Crippen LogP contribution in [0.5, 0.6) is 0 Å². The largest absolute Gasteiger partial charge is 0.320 e. The molecule has 1 fully saturated rings. The molecular weight excluding hydrogens is 276 g/mol. The molecular formula is C12H10N6O3. The van der Waals surface area contributed by atoms with Gasteiger partial charge in [-0.25, -0.2) is 0 Å². The van der Waals surface area contributed by atoms with Gasteiger partial charge in [-0.05, 0) is 17.3 Å². The van der Waals surface area contributed by atoms with Crippen LogP contribution in [0.4, 0.5) is 0 Å². The van der Waals surface area contributed by atoms with Crippen molar-refractivity contribution in [1.29, 1.82) is 0 Å². The van der Waals surface area contributed by atoms with Crippen LogP contribution in [0.2, 0.25) is 0 Å². The number of rotatable bonds is 2. The van der Waals surface area contributed by atoms with E-state index in [1.807, 2.05) is 0 Å². The number of hydrogen-bond acceptors (Lipinski definition) is 6. The number of nitrogens with one attached hydrogen (secondary N) is 2. The number of aromatic amines is 1. The Hall–Kier alpha value is -3.10. The first-order valence-electron chi connectivity index (χ1n) is 6.09. The summed E-state index contributed by atoms with van der Waals surface area (Å²) < 4.78 is 0. The van der Waals surface area contributed by atoms with Crippen molar-refractivity contribution < 1.29 is 14.4 Å². The van der Waals surface area contributed by atoms with Gasteiger partial charge in [-0.1, -0.05) is 12.1 Å². The van der Waals surface area contributed by atoms with E-state index in [4.69, 9.17) is 0 Å². The van der Waals surface area contributed by atoms with E-state index in [2.05, 4.69) is 25.9 Å². The van der Waals surface area contributed by atoms with Crippen molar-refractivity contribution in [3.05, 3.63) is 29.8 Å². The van der Waals surface area contributed by atoms with Gasteiger partial charge in [0, 0.05) is 11.1 Å². The molecule has 2 aromatic rings.